The van der Waals surface area contributed by atoms with Crippen LogP contribution < -0.4 is 14.7 Å². The van der Waals surface area contributed by atoms with Crippen LogP contribution in [0, 0.1) is 5.41 Å². The second-order valence-corrected chi connectivity index (χ2v) is 8.30. The van der Waals surface area contributed by atoms with E-state index in [0.717, 1.165) is 0 Å². The molecule has 3 aromatic carbocycles. The summed E-state index contributed by atoms with van der Waals surface area (Å²) in [5.74, 6) is -0.127. The minimum absolute atomic E-state index is 0.0358. The van der Waals surface area contributed by atoms with Gasteiger partial charge in [0.05, 0.1) is 18.0 Å². The molecule has 168 valence electrons. The highest BCUT2D eigenvalue weighted by Gasteiger charge is 2.69. The molecule has 7 heteroatoms. The van der Waals surface area contributed by atoms with Crippen molar-refractivity contribution in [3.8, 4) is 11.5 Å². The third-order valence-corrected chi connectivity index (χ3v) is 6.32. The second-order valence-electron chi connectivity index (χ2n) is 8.30. The van der Waals surface area contributed by atoms with Gasteiger partial charge in [0.1, 0.15) is 23.0 Å². The Bertz CT molecular complexity index is 1200. The normalized spacial score (nSPS) is 24.3. The molecule has 2 aliphatic heterocycles. The topological polar surface area (TPSA) is 79.3 Å². The minimum Gasteiger partial charge on any atom is -0.508 e. The number of fused-ring (bicyclic) bond motifs is 1. The van der Waals surface area contributed by atoms with Crippen molar-refractivity contribution >= 4 is 23.2 Å². The first-order valence-corrected chi connectivity index (χ1v) is 10.9. The van der Waals surface area contributed by atoms with Crippen molar-refractivity contribution in [2.75, 3.05) is 16.6 Å². The maximum absolute atomic E-state index is 13.9. The van der Waals surface area contributed by atoms with E-state index in [-0.39, 0.29) is 11.7 Å². The summed E-state index contributed by atoms with van der Waals surface area (Å²) in [7, 11) is 0. The fraction of sp³-hybridized carbons (Fsp3) is 0.231. The fourth-order valence-corrected chi connectivity index (χ4v) is 4.72. The van der Waals surface area contributed by atoms with Crippen molar-refractivity contribution in [1.29, 1.82) is 0 Å². The van der Waals surface area contributed by atoms with Crippen LogP contribution in [0.3, 0.4) is 0 Å². The predicted octanol–water partition coefficient (Wildman–Crippen LogP) is 4.23. The van der Waals surface area contributed by atoms with Crippen molar-refractivity contribution in [1.82, 2.24) is 0 Å². The van der Waals surface area contributed by atoms with E-state index in [1.807, 2.05) is 37.3 Å². The lowest BCUT2D eigenvalue weighted by Gasteiger charge is -2.33. The summed E-state index contributed by atoms with van der Waals surface area (Å²) in [4.78, 5) is 34.8. The van der Waals surface area contributed by atoms with Gasteiger partial charge in [-0.2, -0.15) is 0 Å². The molecule has 2 amide bonds. The number of anilines is 2. The Balaban J connectivity index is 1.60. The average molecular weight is 444 g/mol. The number of carbonyl (C=O) groups is 2. The number of hydroxylamine groups is 1. The van der Waals surface area contributed by atoms with Crippen LogP contribution in [-0.4, -0.2) is 29.6 Å². The summed E-state index contributed by atoms with van der Waals surface area (Å²) in [5.41, 5.74) is 0.398. The number of aromatic hydroxyl groups is 1. The zero-order valence-electron chi connectivity index (χ0n) is 18.3. The van der Waals surface area contributed by atoms with E-state index >= 15 is 0 Å². The zero-order valence-corrected chi connectivity index (χ0v) is 18.3. The number of para-hydroxylation sites is 2. The number of hydrogen-bond donors (Lipinski definition) is 1. The first-order chi connectivity index (χ1) is 16.0. The van der Waals surface area contributed by atoms with Crippen LogP contribution in [0.1, 0.15) is 25.5 Å². The summed E-state index contributed by atoms with van der Waals surface area (Å²) in [6, 6.07) is 22.2. The lowest BCUT2D eigenvalue weighted by Crippen LogP contribution is -2.41. The average Bonchev–Trinajstić information content (AvgIpc) is 3.24. The molecular formula is C26H24N2O5. The summed E-state index contributed by atoms with van der Waals surface area (Å²) in [5, 5.41) is 12.3. The lowest BCUT2D eigenvalue weighted by atomic mass is 9.76. The van der Waals surface area contributed by atoms with Crippen molar-refractivity contribution < 1.29 is 24.3 Å². The van der Waals surface area contributed by atoms with Gasteiger partial charge in [0.15, 0.2) is 6.10 Å². The maximum atomic E-state index is 13.9. The van der Waals surface area contributed by atoms with Crippen molar-refractivity contribution in [3.05, 3.63) is 84.4 Å². The number of phenolic OH excluding ortho intramolecular Hbond substituents is 1. The molecule has 1 N–H and O–H groups in total. The highest BCUT2D eigenvalue weighted by Crippen LogP contribution is 2.56. The monoisotopic (exact) mass is 444 g/mol. The fourth-order valence-electron chi connectivity index (χ4n) is 4.72. The molecule has 0 radical (unpaired) electrons. The van der Waals surface area contributed by atoms with Gasteiger partial charge >= 0.3 is 0 Å². The molecule has 0 bridgehead atoms. The van der Waals surface area contributed by atoms with Gasteiger partial charge in [-0.15, -0.1) is 0 Å². The zero-order chi connectivity index (χ0) is 23.2. The SMILES string of the molecule is CCOc1ccc(N2C(=O)[C@@H]3ON(c4ccccc4)[C@H](c4ccccc4O)[C@]3(C)C2=O)cc1. The molecule has 5 rings (SSSR count). The first-order valence-electron chi connectivity index (χ1n) is 10.9. The van der Waals surface area contributed by atoms with Crippen LogP contribution in [0.25, 0.3) is 0 Å². The van der Waals surface area contributed by atoms with Crippen LogP contribution >= 0.6 is 0 Å². The van der Waals surface area contributed by atoms with E-state index < -0.39 is 23.5 Å². The molecular weight excluding hydrogens is 420 g/mol. The molecule has 2 saturated heterocycles. The Hall–Kier alpha value is -3.84. The summed E-state index contributed by atoms with van der Waals surface area (Å²) in [6.45, 7) is 4.14. The van der Waals surface area contributed by atoms with Gasteiger partial charge in [0, 0.05) is 5.56 Å². The van der Waals surface area contributed by atoms with Gasteiger partial charge in [-0.05, 0) is 56.3 Å². The van der Waals surface area contributed by atoms with Crippen molar-refractivity contribution in [2.24, 2.45) is 5.41 Å². The van der Waals surface area contributed by atoms with Crippen LogP contribution in [-0.2, 0) is 14.4 Å². The van der Waals surface area contributed by atoms with E-state index in [0.29, 0.717) is 29.3 Å². The maximum Gasteiger partial charge on any atom is 0.266 e. The molecule has 0 saturated carbocycles. The van der Waals surface area contributed by atoms with E-state index in [9.17, 15) is 14.7 Å². The molecule has 2 heterocycles. The highest BCUT2D eigenvalue weighted by molar-refractivity contribution is 6.25. The Morgan fingerprint density at radius 1 is 0.939 bits per heavy atom. The van der Waals surface area contributed by atoms with E-state index in [1.165, 1.54) is 4.90 Å². The van der Waals surface area contributed by atoms with Crippen LogP contribution in [0.5, 0.6) is 11.5 Å². The number of phenols is 1. The van der Waals surface area contributed by atoms with Gasteiger partial charge < -0.3 is 9.84 Å². The smallest absolute Gasteiger partial charge is 0.266 e. The molecule has 0 aromatic heterocycles. The number of nitrogens with zero attached hydrogens (tertiary/aromatic N) is 2. The van der Waals surface area contributed by atoms with Gasteiger partial charge in [0.25, 0.3) is 5.91 Å². The van der Waals surface area contributed by atoms with Crippen LogP contribution in [0.15, 0.2) is 78.9 Å². The van der Waals surface area contributed by atoms with Crippen molar-refractivity contribution in [3.63, 3.8) is 0 Å². The van der Waals surface area contributed by atoms with Gasteiger partial charge in [-0.3, -0.25) is 14.4 Å². The number of imide groups is 1. The molecule has 3 aromatic rings. The first kappa shape index (κ1) is 21.0. The third-order valence-electron chi connectivity index (χ3n) is 6.32. The van der Waals surface area contributed by atoms with Gasteiger partial charge in [0.2, 0.25) is 5.91 Å². The molecule has 0 aliphatic carbocycles. The third kappa shape index (κ3) is 3.15. The molecule has 7 nitrogen and oxygen atoms in total. The molecule has 2 aliphatic rings. The number of ether oxygens (including phenoxy) is 1. The van der Waals surface area contributed by atoms with Crippen LogP contribution in [0.4, 0.5) is 11.4 Å². The summed E-state index contributed by atoms with van der Waals surface area (Å²) >= 11 is 0. The number of amides is 2. The Morgan fingerprint density at radius 2 is 1.61 bits per heavy atom. The quantitative estimate of drug-likeness (QED) is 0.594. The predicted molar refractivity (Wildman–Crippen MR) is 123 cm³/mol. The Morgan fingerprint density at radius 3 is 2.27 bits per heavy atom. The molecule has 3 atom stereocenters. The van der Waals surface area contributed by atoms with Crippen LogP contribution in [0.2, 0.25) is 0 Å². The highest BCUT2D eigenvalue weighted by atomic mass is 16.7. The van der Waals surface area contributed by atoms with Crippen molar-refractivity contribution in [2.45, 2.75) is 26.0 Å². The number of rotatable bonds is 5. The second kappa shape index (κ2) is 7.94. The molecule has 2 fully saturated rings. The van der Waals surface area contributed by atoms with E-state index in [1.54, 1.807) is 60.5 Å². The molecule has 0 spiro atoms. The number of benzene rings is 3. The van der Waals surface area contributed by atoms with Gasteiger partial charge in [-0.1, -0.05) is 36.4 Å². The molecule has 0 unspecified atom stereocenters. The Labute approximate surface area is 191 Å². The standard InChI is InChI=1S/C26H24N2O5/c1-3-32-19-15-13-17(14-16-19)27-24(30)23-26(2,25(27)31)22(20-11-7-8-12-21(20)29)28(33-23)18-9-5-4-6-10-18/h4-16,22-23,29H,3H2,1-2H3/t22-,23+,26+/m1/s1. The van der Waals surface area contributed by atoms with E-state index in [4.69, 9.17) is 9.57 Å². The lowest BCUT2D eigenvalue weighted by molar-refractivity contribution is -0.128. The summed E-state index contributed by atoms with van der Waals surface area (Å²) in [6.07, 6.45) is -1.04. The minimum atomic E-state index is -1.26. The molecule has 33 heavy (non-hydrogen) atoms. The summed E-state index contributed by atoms with van der Waals surface area (Å²) < 4.78 is 5.48. The Kier molecular flexibility index (Phi) is 5.06. The van der Waals surface area contributed by atoms with E-state index in [2.05, 4.69) is 0 Å². The number of hydrogen-bond acceptors (Lipinski definition) is 6. The number of carbonyl (C=O) groups excluding carboxylic acids is 2. The largest absolute Gasteiger partial charge is 0.508 e. The van der Waals surface area contributed by atoms with Gasteiger partial charge in [-0.25, -0.2) is 9.96 Å².